The quantitative estimate of drug-likeness (QED) is 0.779. The molecular formula is C15H24N2O3. The summed E-state index contributed by atoms with van der Waals surface area (Å²) >= 11 is 0. The number of nitrogens with zero attached hydrogens (tertiary/aromatic N) is 2. The highest BCUT2D eigenvalue weighted by atomic mass is 16.3. The Hall–Kier alpha value is -1.75. The summed E-state index contributed by atoms with van der Waals surface area (Å²) in [6.45, 7) is 6.02. The first-order valence-corrected chi connectivity index (χ1v) is 6.77. The van der Waals surface area contributed by atoms with Crippen molar-refractivity contribution >= 4 is 5.91 Å². The van der Waals surface area contributed by atoms with E-state index in [4.69, 9.17) is 0 Å². The predicted molar refractivity (Wildman–Crippen MR) is 79.1 cm³/mol. The molecule has 20 heavy (non-hydrogen) atoms. The minimum absolute atomic E-state index is 0.0248. The van der Waals surface area contributed by atoms with Crippen LogP contribution in [0.4, 0.5) is 0 Å². The van der Waals surface area contributed by atoms with Gasteiger partial charge in [0.2, 0.25) is 0 Å². The first-order valence-electron chi connectivity index (χ1n) is 6.77. The molecule has 0 fully saturated rings. The molecule has 0 saturated carbocycles. The zero-order valence-electron chi connectivity index (χ0n) is 12.6. The van der Waals surface area contributed by atoms with Gasteiger partial charge in [-0.05, 0) is 38.2 Å². The molecule has 0 aliphatic carbocycles. The average molecular weight is 280 g/mol. The average Bonchev–Trinajstić information content (AvgIpc) is 2.36. The SMILES string of the molecule is CC(C)CN(CCN(C)C)C(=O)c1cc(O)ccc1O. The number of hydrogen-bond acceptors (Lipinski definition) is 4. The van der Waals surface area contributed by atoms with E-state index in [1.807, 2.05) is 32.8 Å². The maximum absolute atomic E-state index is 12.5. The normalized spacial score (nSPS) is 11.1. The molecule has 0 spiro atoms. The Balaban J connectivity index is 2.93. The number of aromatic hydroxyl groups is 2. The molecule has 0 heterocycles. The Morgan fingerprint density at radius 3 is 2.40 bits per heavy atom. The Kier molecular flexibility index (Phi) is 5.82. The number of benzene rings is 1. The van der Waals surface area contributed by atoms with Gasteiger partial charge in [-0.1, -0.05) is 13.8 Å². The lowest BCUT2D eigenvalue weighted by atomic mass is 10.1. The molecule has 0 bridgehead atoms. The minimum Gasteiger partial charge on any atom is -0.508 e. The van der Waals surface area contributed by atoms with E-state index < -0.39 is 0 Å². The molecule has 0 aliphatic heterocycles. The summed E-state index contributed by atoms with van der Waals surface area (Å²) < 4.78 is 0. The smallest absolute Gasteiger partial charge is 0.257 e. The van der Waals surface area contributed by atoms with Crippen LogP contribution >= 0.6 is 0 Å². The van der Waals surface area contributed by atoms with Gasteiger partial charge >= 0.3 is 0 Å². The molecule has 5 heteroatoms. The summed E-state index contributed by atoms with van der Waals surface area (Å²) in [6.07, 6.45) is 0. The molecule has 1 aromatic rings. The molecule has 5 nitrogen and oxygen atoms in total. The number of rotatable bonds is 6. The Morgan fingerprint density at radius 2 is 1.85 bits per heavy atom. The van der Waals surface area contributed by atoms with Crippen molar-refractivity contribution in [1.29, 1.82) is 0 Å². The third-order valence-corrected chi connectivity index (χ3v) is 2.90. The van der Waals surface area contributed by atoms with Crippen molar-refractivity contribution in [2.45, 2.75) is 13.8 Å². The fraction of sp³-hybridized carbons (Fsp3) is 0.533. The molecule has 0 unspecified atom stereocenters. The van der Waals surface area contributed by atoms with Crippen LogP contribution in [0.15, 0.2) is 18.2 Å². The predicted octanol–water partition coefficient (Wildman–Crippen LogP) is 1.76. The van der Waals surface area contributed by atoms with Gasteiger partial charge in [0, 0.05) is 19.6 Å². The summed E-state index contributed by atoms with van der Waals surface area (Å²) in [6, 6.07) is 4.00. The maximum Gasteiger partial charge on any atom is 0.257 e. The number of hydrogen-bond donors (Lipinski definition) is 2. The number of carbonyl (C=O) groups excluding carboxylic acids is 1. The van der Waals surface area contributed by atoms with E-state index in [-0.39, 0.29) is 23.0 Å². The first kappa shape index (κ1) is 16.3. The van der Waals surface area contributed by atoms with Gasteiger partial charge in [0.05, 0.1) is 5.56 Å². The van der Waals surface area contributed by atoms with Gasteiger partial charge < -0.3 is 20.0 Å². The van der Waals surface area contributed by atoms with E-state index >= 15 is 0 Å². The molecule has 0 radical (unpaired) electrons. The molecule has 112 valence electrons. The van der Waals surface area contributed by atoms with Gasteiger partial charge in [-0.25, -0.2) is 0 Å². The molecule has 0 atom stereocenters. The van der Waals surface area contributed by atoms with E-state index in [1.54, 1.807) is 4.90 Å². The largest absolute Gasteiger partial charge is 0.508 e. The molecular weight excluding hydrogens is 256 g/mol. The lowest BCUT2D eigenvalue weighted by Crippen LogP contribution is -2.39. The lowest BCUT2D eigenvalue weighted by molar-refractivity contribution is 0.0721. The van der Waals surface area contributed by atoms with E-state index in [0.29, 0.717) is 19.0 Å². The molecule has 0 aliphatic rings. The van der Waals surface area contributed by atoms with Gasteiger partial charge in [0.1, 0.15) is 11.5 Å². The third-order valence-electron chi connectivity index (χ3n) is 2.90. The lowest BCUT2D eigenvalue weighted by Gasteiger charge is -2.26. The topological polar surface area (TPSA) is 64.0 Å². The second kappa shape index (κ2) is 7.14. The zero-order chi connectivity index (χ0) is 15.3. The number of phenols is 2. The molecule has 0 saturated heterocycles. The van der Waals surface area contributed by atoms with Crippen molar-refractivity contribution in [3.63, 3.8) is 0 Å². The zero-order valence-corrected chi connectivity index (χ0v) is 12.6. The number of phenolic OH excluding ortho intramolecular Hbond substituents is 2. The third kappa shape index (κ3) is 4.74. The fourth-order valence-electron chi connectivity index (χ4n) is 1.90. The number of carbonyl (C=O) groups is 1. The summed E-state index contributed by atoms with van der Waals surface area (Å²) in [5.41, 5.74) is 0.143. The van der Waals surface area contributed by atoms with Crippen LogP contribution in [0.5, 0.6) is 11.5 Å². The fourth-order valence-corrected chi connectivity index (χ4v) is 1.90. The van der Waals surface area contributed by atoms with Crippen molar-refractivity contribution in [2.75, 3.05) is 33.7 Å². The molecule has 1 amide bonds. The minimum atomic E-state index is -0.256. The van der Waals surface area contributed by atoms with Crippen molar-refractivity contribution in [1.82, 2.24) is 9.80 Å². The van der Waals surface area contributed by atoms with Crippen LogP contribution in [0.2, 0.25) is 0 Å². The summed E-state index contributed by atoms with van der Waals surface area (Å²) in [5, 5.41) is 19.3. The van der Waals surface area contributed by atoms with Crippen LogP contribution in [0.25, 0.3) is 0 Å². The Bertz CT molecular complexity index is 458. The second-order valence-corrected chi connectivity index (χ2v) is 5.65. The van der Waals surface area contributed by atoms with Gasteiger partial charge in [-0.15, -0.1) is 0 Å². The molecule has 0 aromatic heterocycles. The number of likely N-dealkylation sites (N-methyl/N-ethyl adjacent to an activating group) is 1. The van der Waals surface area contributed by atoms with Crippen LogP contribution in [0.1, 0.15) is 24.2 Å². The van der Waals surface area contributed by atoms with Crippen LogP contribution in [0.3, 0.4) is 0 Å². The highest BCUT2D eigenvalue weighted by molar-refractivity contribution is 5.97. The maximum atomic E-state index is 12.5. The van der Waals surface area contributed by atoms with Crippen molar-refractivity contribution in [3.05, 3.63) is 23.8 Å². The van der Waals surface area contributed by atoms with Crippen LogP contribution in [0, 0.1) is 5.92 Å². The summed E-state index contributed by atoms with van der Waals surface area (Å²) in [4.78, 5) is 16.2. The molecule has 1 rings (SSSR count). The van der Waals surface area contributed by atoms with E-state index in [1.165, 1.54) is 18.2 Å². The second-order valence-electron chi connectivity index (χ2n) is 5.65. The van der Waals surface area contributed by atoms with Crippen molar-refractivity contribution in [3.8, 4) is 11.5 Å². The Labute approximate surface area is 120 Å². The van der Waals surface area contributed by atoms with Gasteiger partial charge in [0.25, 0.3) is 5.91 Å². The summed E-state index contributed by atoms with van der Waals surface area (Å²) in [7, 11) is 3.90. The van der Waals surface area contributed by atoms with E-state index in [0.717, 1.165) is 6.54 Å². The standard InChI is InChI=1S/C15H24N2O3/c1-11(2)10-17(8-7-16(3)4)15(20)13-9-12(18)5-6-14(13)19/h5-6,9,11,18-19H,7-8,10H2,1-4H3. The molecule has 2 N–H and O–H groups in total. The first-order chi connectivity index (χ1) is 9.31. The van der Waals surface area contributed by atoms with E-state index in [2.05, 4.69) is 0 Å². The highest BCUT2D eigenvalue weighted by Crippen LogP contribution is 2.23. The van der Waals surface area contributed by atoms with Crippen LogP contribution < -0.4 is 0 Å². The Morgan fingerprint density at radius 1 is 1.20 bits per heavy atom. The molecule has 1 aromatic carbocycles. The van der Waals surface area contributed by atoms with Gasteiger partial charge in [0.15, 0.2) is 0 Å². The van der Waals surface area contributed by atoms with Crippen molar-refractivity contribution in [2.24, 2.45) is 5.92 Å². The van der Waals surface area contributed by atoms with E-state index in [9.17, 15) is 15.0 Å². The highest BCUT2D eigenvalue weighted by Gasteiger charge is 2.20. The number of amides is 1. The van der Waals surface area contributed by atoms with Gasteiger partial charge in [-0.2, -0.15) is 0 Å². The van der Waals surface area contributed by atoms with Gasteiger partial charge in [-0.3, -0.25) is 4.79 Å². The van der Waals surface area contributed by atoms with Crippen molar-refractivity contribution < 1.29 is 15.0 Å². The summed E-state index contributed by atoms with van der Waals surface area (Å²) in [5.74, 6) is -0.0517. The van der Waals surface area contributed by atoms with Crippen LogP contribution in [-0.4, -0.2) is 59.6 Å². The van der Waals surface area contributed by atoms with Crippen LogP contribution in [-0.2, 0) is 0 Å². The monoisotopic (exact) mass is 280 g/mol.